The minimum absolute atomic E-state index is 0.701. The van der Waals surface area contributed by atoms with E-state index in [0.29, 0.717) is 5.82 Å². The van der Waals surface area contributed by atoms with Crippen LogP contribution in [0.15, 0.2) is 218 Å². The lowest BCUT2D eigenvalue weighted by molar-refractivity contribution is 1.18. The Balaban J connectivity index is 0.971. The van der Waals surface area contributed by atoms with E-state index in [9.17, 15) is 0 Å². The minimum atomic E-state index is 0.701. The predicted molar refractivity (Wildman–Crippen MR) is 250 cm³/mol. The molecule has 9 aromatic carbocycles. The van der Waals surface area contributed by atoms with E-state index in [1.54, 1.807) is 0 Å². The number of rotatable bonds is 6. The largest absolute Gasteiger partial charge is 0.309 e. The van der Waals surface area contributed by atoms with Gasteiger partial charge in [-0.05, 0) is 77.4 Å². The lowest BCUT2D eigenvalue weighted by atomic mass is 9.98. The van der Waals surface area contributed by atoms with Crippen LogP contribution in [0.5, 0.6) is 0 Å². The molecule has 0 N–H and O–H groups in total. The van der Waals surface area contributed by atoms with Crippen molar-refractivity contribution in [3.63, 3.8) is 0 Å². The predicted octanol–water partition coefficient (Wildman–Crippen LogP) is 14.5. The summed E-state index contributed by atoms with van der Waals surface area (Å²) < 4.78 is 4.75. The third-order valence-corrected chi connectivity index (χ3v) is 11.9. The number of fused-ring (bicyclic) bond motifs is 7. The van der Waals surface area contributed by atoms with Gasteiger partial charge < -0.3 is 9.13 Å². The molecule has 0 saturated carbocycles. The Kier molecular flexibility index (Phi) is 7.82. The summed E-state index contributed by atoms with van der Waals surface area (Å²) in [4.78, 5) is 10.5. The molecule has 0 bridgehead atoms. The minimum Gasteiger partial charge on any atom is -0.309 e. The maximum absolute atomic E-state index is 5.32. The van der Waals surface area contributed by atoms with Crippen molar-refractivity contribution in [1.29, 1.82) is 0 Å². The smallest absolute Gasteiger partial charge is 0.160 e. The molecule has 0 saturated heterocycles. The first-order chi connectivity index (χ1) is 29.8. The van der Waals surface area contributed by atoms with Crippen LogP contribution < -0.4 is 0 Å². The molecular formula is C56H36N4. The van der Waals surface area contributed by atoms with Crippen molar-refractivity contribution in [3.05, 3.63) is 218 Å². The van der Waals surface area contributed by atoms with Gasteiger partial charge in [0.05, 0.1) is 33.3 Å². The molecule has 0 radical (unpaired) electrons. The Bertz CT molecular complexity index is 3570. The van der Waals surface area contributed by atoms with Gasteiger partial charge in [-0.1, -0.05) is 158 Å². The van der Waals surface area contributed by atoms with E-state index < -0.39 is 0 Å². The highest BCUT2D eigenvalue weighted by Gasteiger charge is 2.18. The average Bonchev–Trinajstić information content (AvgIpc) is 3.85. The first-order valence-electron chi connectivity index (χ1n) is 20.4. The second-order valence-corrected chi connectivity index (χ2v) is 15.4. The van der Waals surface area contributed by atoms with Gasteiger partial charge in [-0.25, -0.2) is 9.97 Å². The Labute approximate surface area is 346 Å². The van der Waals surface area contributed by atoms with Gasteiger partial charge in [-0.2, -0.15) is 0 Å². The summed E-state index contributed by atoms with van der Waals surface area (Å²) in [5, 5.41) is 5.96. The maximum Gasteiger partial charge on any atom is 0.160 e. The van der Waals surface area contributed by atoms with Crippen LogP contribution in [0.4, 0.5) is 0 Å². The van der Waals surface area contributed by atoms with Crippen LogP contribution in [-0.4, -0.2) is 19.1 Å². The summed E-state index contributed by atoms with van der Waals surface area (Å²) in [7, 11) is 0. The van der Waals surface area contributed by atoms with Crippen molar-refractivity contribution in [2.24, 2.45) is 0 Å². The number of benzene rings is 9. The van der Waals surface area contributed by atoms with E-state index in [2.05, 4.69) is 228 Å². The molecule has 0 amide bonds. The lowest BCUT2D eigenvalue weighted by Gasteiger charge is -2.13. The van der Waals surface area contributed by atoms with Crippen molar-refractivity contribution in [2.45, 2.75) is 0 Å². The first-order valence-corrected chi connectivity index (χ1v) is 20.4. The van der Waals surface area contributed by atoms with Crippen molar-refractivity contribution >= 4 is 54.5 Å². The molecule has 0 unspecified atom stereocenters. The Morgan fingerprint density at radius 3 is 1.53 bits per heavy atom. The van der Waals surface area contributed by atoms with E-state index in [-0.39, 0.29) is 0 Å². The zero-order valence-corrected chi connectivity index (χ0v) is 32.6. The van der Waals surface area contributed by atoms with Gasteiger partial charge in [0.2, 0.25) is 0 Å². The fraction of sp³-hybridized carbons (Fsp3) is 0. The number of nitrogens with zero attached hydrogens (tertiary/aromatic N) is 4. The van der Waals surface area contributed by atoms with Crippen LogP contribution in [-0.2, 0) is 0 Å². The van der Waals surface area contributed by atoms with Crippen molar-refractivity contribution in [1.82, 2.24) is 19.1 Å². The maximum atomic E-state index is 5.32. The highest BCUT2D eigenvalue weighted by molar-refractivity contribution is 6.14. The SMILES string of the molecule is c1ccc(-c2nc(-c3ccc(-c4cccc5c6ccccc6n(-c6ccccc6)c45)cc3)nc3ccc(-c4ccc5c(c4)c4ccccc4n5-c4ccccc4)cc23)cc1. The highest BCUT2D eigenvalue weighted by atomic mass is 15.0. The molecule has 12 rings (SSSR count). The Hall–Kier alpha value is -8.08. The van der Waals surface area contributed by atoms with E-state index >= 15 is 0 Å². The molecule has 0 fully saturated rings. The Morgan fingerprint density at radius 2 is 0.817 bits per heavy atom. The molecule has 280 valence electrons. The van der Waals surface area contributed by atoms with Crippen molar-refractivity contribution < 1.29 is 0 Å². The molecule has 12 aromatic rings. The van der Waals surface area contributed by atoms with Crippen molar-refractivity contribution in [3.8, 4) is 56.3 Å². The highest BCUT2D eigenvalue weighted by Crippen LogP contribution is 2.40. The van der Waals surface area contributed by atoms with E-state index in [1.165, 1.54) is 49.2 Å². The summed E-state index contributed by atoms with van der Waals surface area (Å²) in [5.74, 6) is 0.701. The van der Waals surface area contributed by atoms with E-state index in [0.717, 1.165) is 55.8 Å². The van der Waals surface area contributed by atoms with Gasteiger partial charge in [0.1, 0.15) is 0 Å². The molecule has 3 heterocycles. The van der Waals surface area contributed by atoms with Crippen LogP contribution in [0.2, 0.25) is 0 Å². The standard InChI is InChI=1S/C56H36N4/c1-4-15-38(16-5-1)54-49-36-40(41-32-34-53-48(35-41)46-22-11-12-25-51(46)59(53)42-17-6-2-7-18-42)31-33-50(49)57-56(58-54)39-29-27-37(28-30-39)44-23-14-24-47-45-21-10-13-26-52(45)60(55(44)47)43-19-8-3-9-20-43/h1-36H. The second-order valence-electron chi connectivity index (χ2n) is 15.4. The van der Waals surface area contributed by atoms with Crippen molar-refractivity contribution in [2.75, 3.05) is 0 Å². The van der Waals surface area contributed by atoms with Gasteiger partial charge in [0.15, 0.2) is 5.82 Å². The molecule has 0 aliphatic carbocycles. The first kappa shape index (κ1) is 34.0. The molecule has 0 spiro atoms. The molecule has 0 aliphatic rings. The van der Waals surface area contributed by atoms with Gasteiger partial charge in [0, 0.05) is 55.0 Å². The van der Waals surface area contributed by atoms with Gasteiger partial charge in [-0.15, -0.1) is 0 Å². The molecule has 0 aliphatic heterocycles. The summed E-state index contributed by atoms with van der Waals surface area (Å²) >= 11 is 0. The number of hydrogen-bond acceptors (Lipinski definition) is 2. The average molecular weight is 765 g/mol. The normalized spacial score (nSPS) is 11.7. The molecule has 4 nitrogen and oxygen atoms in total. The number of para-hydroxylation sites is 5. The monoisotopic (exact) mass is 764 g/mol. The van der Waals surface area contributed by atoms with Crippen LogP contribution >= 0.6 is 0 Å². The summed E-state index contributed by atoms with van der Waals surface area (Å²) in [6, 6.07) is 77.9. The molecule has 0 atom stereocenters. The quantitative estimate of drug-likeness (QED) is 0.169. The topological polar surface area (TPSA) is 35.6 Å². The number of aromatic nitrogens is 4. The summed E-state index contributed by atoms with van der Waals surface area (Å²) in [5.41, 5.74) is 15.5. The molecule has 3 aromatic heterocycles. The lowest BCUT2D eigenvalue weighted by Crippen LogP contribution is -1.96. The Morgan fingerprint density at radius 1 is 0.300 bits per heavy atom. The second kappa shape index (κ2) is 13.8. The van der Waals surface area contributed by atoms with E-state index in [1.807, 2.05) is 0 Å². The molecular weight excluding hydrogens is 729 g/mol. The van der Waals surface area contributed by atoms with Gasteiger partial charge >= 0.3 is 0 Å². The molecule has 60 heavy (non-hydrogen) atoms. The fourth-order valence-electron chi connectivity index (χ4n) is 9.16. The zero-order valence-electron chi connectivity index (χ0n) is 32.6. The zero-order chi connectivity index (χ0) is 39.6. The van der Waals surface area contributed by atoms with Gasteiger partial charge in [0.25, 0.3) is 0 Å². The summed E-state index contributed by atoms with van der Waals surface area (Å²) in [6.45, 7) is 0. The third-order valence-electron chi connectivity index (χ3n) is 11.9. The third kappa shape index (κ3) is 5.46. The van der Waals surface area contributed by atoms with Crippen LogP contribution in [0.25, 0.3) is 111 Å². The van der Waals surface area contributed by atoms with Crippen LogP contribution in [0.3, 0.4) is 0 Å². The fourth-order valence-corrected chi connectivity index (χ4v) is 9.16. The molecule has 4 heteroatoms. The van der Waals surface area contributed by atoms with E-state index in [4.69, 9.17) is 9.97 Å². The summed E-state index contributed by atoms with van der Waals surface area (Å²) in [6.07, 6.45) is 0. The van der Waals surface area contributed by atoms with Gasteiger partial charge in [-0.3, -0.25) is 0 Å². The van der Waals surface area contributed by atoms with Crippen LogP contribution in [0.1, 0.15) is 0 Å². The number of hydrogen-bond donors (Lipinski definition) is 0. The van der Waals surface area contributed by atoms with Crippen LogP contribution in [0, 0.1) is 0 Å².